The molecule has 0 aliphatic carbocycles. The van der Waals surface area contributed by atoms with Gasteiger partial charge in [-0.2, -0.15) is 0 Å². The second-order valence-electron chi connectivity index (χ2n) is 10.5. The van der Waals surface area contributed by atoms with Gasteiger partial charge < -0.3 is 45.8 Å². The van der Waals surface area contributed by atoms with E-state index < -0.39 is 54.4 Å². The van der Waals surface area contributed by atoms with Gasteiger partial charge in [0.05, 0.1) is 37.8 Å². The predicted octanol–water partition coefficient (Wildman–Crippen LogP) is -0.826. The quantitative estimate of drug-likeness (QED) is 0.134. The Hall–Kier alpha value is -2.23. The molecule has 1 aliphatic rings. The highest BCUT2D eigenvalue weighted by Crippen LogP contribution is 2.36. The number of benzene rings is 1. The molecule has 40 heavy (non-hydrogen) atoms. The Bertz CT molecular complexity index is 1070. The van der Waals surface area contributed by atoms with Gasteiger partial charge in [-0.15, -0.1) is 16.9 Å². The van der Waals surface area contributed by atoms with E-state index in [0.29, 0.717) is 19.3 Å². The van der Waals surface area contributed by atoms with Crippen LogP contribution >= 0.6 is 11.8 Å². The summed E-state index contributed by atoms with van der Waals surface area (Å²) in [5, 5.41) is 77.5. The van der Waals surface area contributed by atoms with Crippen molar-refractivity contribution in [3.05, 3.63) is 46.6 Å². The zero-order valence-corrected chi connectivity index (χ0v) is 23.5. The summed E-state index contributed by atoms with van der Waals surface area (Å²) in [6, 6.07) is 7.87. The van der Waals surface area contributed by atoms with Gasteiger partial charge >= 0.3 is 0 Å². The van der Waals surface area contributed by atoms with Gasteiger partial charge in [-0.05, 0) is 29.9 Å². The summed E-state index contributed by atoms with van der Waals surface area (Å²) in [6.45, 7) is 1.94. The first-order chi connectivity index (χ1) is 19.1. The first-order valence-corrected chi connectivity index (χ1v) is 14.3. The second kappa shape index (κ2) is 14.6. The van der Waals surface area contributed by atoms with Crippen LogP contribution in [-0.4, -0.2) is 113 Å². The zero-order chi connectivity index (χ0) is 29.4. The number of aliphatic hydroxyl groups is 7. The number of aromatic amines is 1. The Kier molecular flexibility index (Phi) is 11.8. The number of ether oxygens (including phenoxy) is 1. The molecule has 9 N–H and O–H groups in total. The molecule has 3 rings (SSSR count). The fraction of sp³-hybridized carbons (Fsp3) is 0.630. The SMILES string of the molecule is CC(C)c1[nH]nc(O[C@@H]2S[C@H](CO)[C@@H](O)C(O)[C@H]2O)c1Cc1ccc(CCCC(=O)NC(CO)(CO)CO)cc1. The van der Waals surface area contributed by atoms with Gasteiger partial charge in [0, 0.05) is 24.1 Å². The third-order valence-electron chi connectivity index (χ3n) is 7.10. The van der Waals surface area contributed by atoms with Crippen molar-refractivity contribution in [2.45, 2.75) is 80.0 Å². The Morgan fingerprint density at radius 3 is 2.23 bits per heavy atom. The number of aryl methyl sites for hydroxylation is 1. The molecule has 1 unspecified atom stereocenters. The molecule has 2 aromatic rings. The topological polar surface area (TPSA) is 209 Å². The monoisotopic (exact) mass is 583 g/mol. The maximum Gasteiger partial charge on any atom is 0.237 e. The molecule has 224 valence electrons. The third kappa shape index (κ3) is 7.74. The predicted molar refractivity (Wildman–Crippen MR) is 148 cm³/mol. The van der Waals surface area contributed by atoms with Crippen LogP contribution in [0.3, 0.4) is 0 Å². The fourth-order valence-corrected chi connectivity index (χ4v) is 5.71. The van der Waals surface area contributed by atoms with Crippen LogP contribution in [0.4, 0.5) is 0 Å². The van der Waals surface area contributed by atoms with Crippen LogP contribution in [0, 0.1) is 0 Å². The molecular formula is C27H41N3O9S. The Balaban J connectivity index is 1.64. The van der Waals surface area contributed by atoms with Gasteiger partial charge in [0.1, 0.15) is 17.7 Å². The van der Waals surface area contributed by atoms with E-state index in [9.17, 15) is 40.5 Å². The largest absolute Gasteiger partial charge is 0.459 e. The van der Waals surface area contributed by atoms with Crippen LogP contribution < -0.4 is 10.1 Å². The minimum atomic E-state index is -1.46. The molecule has 0 spiro atoms. The number of nitrogens with zero attached hydrogens (tertiary/aromatic N) is 1. The van der Waals surface area contributed by atoms with Crippen LogP contribution in [-0.2, 0) is 17.6 Å². The molecule has 1 aromatic heterocycles. The number of carbonyl (C=O) groups is 1. The highest BCUT2D eigenvalue weighted by Gasteiger charge is 2.45. The molecule has 13 heteroatoms. The molecule has 1 aliphatic heterocycles. The van der Waals surface area contributed by atoms with Crippen LogP contribution in [0.5, 0.6) is 5.88 Å². The summed E-state index contributed by atoms with van der Waals surface area (Å²) in [6.07, 6.45) is -2.29. The van der Waals surface area contributed by atoms with Crippen LogP contribution in [0.25, 0.3) is 0 Å². The average molecular weight is 584 g/mol. The molecule has 1 fully saturated rings. The number of hydrogen-bond donors (Lipinski definition) is 9. The fourth-order valence-electron chi connectivity index (χ4n) is 4.49. The van der Waals surface area contributed by atoms with Gasteiger partial charge in [0.25, 0.3) is 0 Å². The number of nitrogens with one attached hydrogen (secondary N) is 2. The van der Waals surface area contributed by atoms with E-state index in [-0.39, 0.29) is 30.7 Å². The van der Waals surface area contributed by atoms with E-state index in [2.05, 4.69) is 15.5 Å². The van der Waals surface area contributed by atoms with Gasteiger partial charge in [0.15, 0.2) is 5.44 Å². The number of hydrogen-bond acceptors (Lipinski definition) is 11. The van der Waals surface area contributed by atoms with E-state index in [1.807, 2.05) is 38.1 Å². The van der Waals surface area contributed by atoms with Crippen LogP contribution in [0.2, 0.25) is 0 Å². The molecule has 12 nitrogen and oxygen atoms in total. The van der Waals surface area contributed by atoms with Gasteiger partial charge in [-0.25, -0.2) is 0 Å². The summed E-state index contributed by atoms with van der Waals surface area (Å²) in [5.74, 6) is 0.0180. The molecule has 2 heterocycles. The van der Waals surface area contributed by atoms with Crippen molar-refractivity contribution >= 4 is 17.7 Å². The second-order valence-corrected chi connectivity index (χ2v) is 11.9. The maximum atomic E-state index is 12.2. The Morgan fingerprint density at radius 1 is 1.02 bits per heavy atom. The van der Waals surface area contributed by atoms with E-state index in [0.717, 1.165) is 34.1 Å². The van der Waals surface area contributed by atoms with Gasteiger partial charge in [0.2, 0.25) is 11.8 Å². The summed E-state index contributed by atoms with van der Waals surface area (Å²) in [5.41, 5.74) is 1.30. The molecule has 5 atom stereocenters. The summed E-state index contributed by atoms with van der Waals surface area (Å²) in [4.78, 5) is 12.2. The minimum absolute atomic E-state index is 0.105. The third-order valence-corrected chi connectivity index (χ3v) is 8.52. The van der Waals surface area contributed by atoms with Crippen molar-refractivity contribution in [3.8, 4) is 5.88 Å². The number of rotatable bonds is 14. The molecule has 0 bridgehead atoms. The van der Waals surface area contributed by atoms with Crippen molar-refractivity contribution in [1.29, 1.82) is 0 Å². The van der Waals surface area contributed by atoms with Crippen LogP contribution in [0.15, 0.2) is 24.3 Å². The van der Waals surface area contributed by atoms with E-state index in [4.69, 9.17) is 4.74 Å². The highest BCUT2D eigenvalue weighted by atomic mass is 32.2. The Labute approximate surface area is 237 Å². The lowest BCUT2D eigenvalue weighted by Crippen LogP contribution is -2.57. The average Bonchev–Trinajstić information content (AvgIpc) is 3.35. The van der Waals surface area contributed by atoms with Crippen molar-refractivity contribution in [3.63, 3.8) is 0 Å². The zero-order valence-electron chi connectivity index (χ0n) is 22.7. The summed E-state index contributed by atoms with van der Waals surface area (Å²) >= 11 is 1.05. The molecule has 1 aromatic carbocycles. The van der Waals surface area contributed by atoms with E-state index in [1.165, 1.54) is 0 Å². The number of carbonyl (C=O) groups excluding carboxylic acids is 1. The van der Waals surface area contributed by atoms with E-state index in [1.54, 1.807) is 0 Å². The maximum absolute atomic E-state index is 12.2. The molecule has 0 radical (unpaired) electrons. The number of aliphatic hydroxyl groups excluding tert-OH is 7. The summed E-state index contributed by atoms with van der Waals surface area (Å²) < 4.78 is 6.01. The normalized spacial score (nSPS) is 23.4. The lowest BCUT2D eigenvalue weighted by atomic mass is 9.98. The number of amides is 1. The lowest BCUT2D eigenvalue weighted by Gasteiger charge is -2.38. The lowest BCUT2D eigenvalue weighted by molar-refractivity contribution is -0.125. The van der Waals surface area contributed by atoms with Gasteiger partial charge in [-0.3, -0.25) is 9.89 Å². The minimum Gasteiger partial charge on any atom is -0.459 e. The molecular weight excluding hydrogens is 542 g/mol. The standard InChI is InChI=1S/C27H41N3O9S/c1-15(2)21-18(25(30-29-21)39-26-24(38)23(37)22(36)19(11-31)40-26)10-17-8-6-16(7-9-17)4-3-5-20(35)28-27(12-32,13-33)14-34/h6-9,15,19,22-24,26,31-34,36-38H,3-5,10-14H2,1-2H3,(H,28,35)(H,29,30)/t19-,22-,23?,24-,26-/m1/s1. The first-order valence-electron chi connectivity index (χ1n) is 13.3. The number of aromatic nitrogens is 2. The van der Waals surface area contributed by atoms with Crippen molar-refractivity contribution in [2.75, 3.05) is 26.4 Å². The smallest absolute Gasteiger partial charge is 0.237 e. The molecule has 1 amide bonds. The van der Waals surface area contributed by atoms with Gasteiger partial charge in [-0.1, -0.05) is 38.1 Å². The number of thioether (sulfide) groups is 1. The number of H-pyrrole nitrogens is 1. The summed E-state index contributed by atoms with van der Waals surface area (Å²) in [7, 11) is 0. The van der Waals surface area contributed by atoms with E-state index >= 15 is 0 Å². The molecule has 1 saturated heterocycles. The first kappa shape index (κ1) is 32.3. The molecule has 0 saturated carbocycles. The van der Waals surface area contributed by atoms with Crippen molar-refractivity contribution < 1.29 is 45.3 Å². The highest BCUT2D eigenvalue weighted by molar-refractivity contribution is 8.00. The van der Waals surface area contributed by atoms with Crippen molar-refractivity contribution in [2.24, 2.45) is 0 Å². The Morgan fingerprint density at radius 2 is 1.65 bits per heavy atom. The van der Waals surface area contributed by atoms with Crippen molar-refractivity contribution in [1.82, 2.24) is 15.5 Å². The van der Waals surface area contributed by atoms with Crippen LogP contribution in [0.1, 0.15) is 55.0 Å².